The Morgan fingerprint density at radius 3 is 2.89 bits per heavy atom. The van der Waals surface area contributed by atoms with Crippen molar-refractivity contribution in [2.75, 3.05) is 32.7 Å². The van der Waals surface area contributed by atoms with Crippen LogP contribution in [0.25, 0.3) is 0 Å². The first kappa shape index (κ1) is 15.4. The van der Waals surface area contributed by atoms with Gasteiger partial charge in [-0.15, -0.1) is 0 Å². The van der Waals surface area contributed by atoms with Crippen LogP contribution < -0.4 is 10.6 Å². The molecule has 1 heterocycles. The zero-order valence-corrected chi connectivity index (χ0v) is 12.2. The molecule has 1 rings (SSSR count). The zero-order chi connectivity index (χ0) is 13.4. The summed E-state index contributed by atoms with van der Waals surface area (Å²) in [6, 6.07) is 0.423. The summed E-state index contributed by atoms with van der Waals surface area (Å²) in [4.78, 5) is 14.0. The number of likely N-dealkylation sites (tertiary alicyclic amines) is 1. The number of carbonyl (C=O) groups excluding carboxylic acids is 1. The molecule has 4 heteroatoms. The maximum atomic E-state index is 11.5. The molecule has 1 aliphatic rings. The molecule has 106 valence electrons. The van der Waals surface area contributed by atoms with Crippen LogP contribution in [0.5, 0.6) is 0 Å². The van der Waals surface area contributed by atoms with E-state index < -0.39 is 0 Å². The van der Waals surface area contributed by atoms with Crippen molar-refractivity contribution in [3.05, 3.63) is 0 Å². The van der Waals surface area contributed by atoms with Crippen molar-refractivity contribution in [1.29, 1.82) is 0 Å². The van der Waals surface area contributed by atoms with E-state index >= 15 is 0 Å². The minimum atomic E-state index is 0.117. The van der Waals surface area contributed by atoms with Crippen molar-refractivity contribution >= 4 is 5.91 Å². The summed E-state index contributed by atoms with van der Waals surface area (Å²) in [6.07, 6.45) is 3.56. The van der Waals surface area contributed by atoms with Gasteiger partial charge in [-0.25, -0.2) is 0 Å². The van der Waals surface area contributed by atoms with E-state index in [0.29, 0.717) is 18.5 Å². The fourth-order valence-corrected chi connectivity index (χ4v) is 2.53. The van der Waals surface area contributed by atoms with Crippen LogP contribution in [0.4, 0.5) is 0 Å². The lowest BCUT2D eigenvalue weighted by Gasteiger charge is -2.35. The number of rotatable bonds is 7. The van der Waals surface area contributed by atoms with Gasteiger partial charge in [0.1, 0.15) is 0 Å². The van der Waals surface area contributed by atoms with Crippen LogP contribution >= 0.6 is 0 Å². The molecule has 0 saturated carbocycles. The number of hydrogen-bond donors (Lipinski definition) is 2. The van der Waals surface area contributed by atoms with Crippen molar-refractivity contribution in [3.8, 4) is 0 Å². The molecular weight excluding hydrogens is 226 g/mol. The summed E-state index contributed by atoms with van der Waals surface area (Å²) >= 11 is 0. The Hall–Kier alpha value is -0.610. The highest BCUT2D eigenvalue weighted by atomic mass is 16.1. The van der Waals surface area contributed by atoms with Crippen LogP contribution in [-0.4, -0.2) is 49.6 Å². The first-order chi connectivity index (χ1) is 8.67. The minimum Gasteiger partial charge on any atom is -0.355 e. The second-order valence-electron chi connectivity index (χ2n) is 5.32. The van der Waals surface area contributed by atoms with Gasteiger partial charge in [-0.05, 0) is 45.2 Å². The van der Waals surface area contributed by atoms with Crippen LogP contribution in [0, 0.1) is 5.92 Å². The van der Waals surface area contributed by atoms with Gasteiger partial charge in [0.05, 0.1) is 6.54 Å². The van der Waals surface area contributed by atoms with Gasteiger partial charge >= 0.3 is 0 Å². The van der Waals surface area contributed by atoms with Crippen LogP contribution in [0.1, 0.15) is 40.0 Å². The van der Waals surface area contributed by atoms with E-state index in [1.807, 2.05) is 0 Å². The van der Waals surface area contributed by atoms with Crippen LogP contribution in [0.15, 0.2) is 0 Å². The van der Waals surface area contributed by atoms with E-state index in [4.69, 9.17) is 0 Å². The molecule has 0 aliphatic carbocycles. The Kier molecular flexibility index (Phi) is 7.28. The summed E-state index contributed by atoms with van der Waals surface area (Å²) in [5.41, 5.74) is 0. The summed E-state index contributed by atoms with van der Waals surface area (Å²) in [6.45, 7) is 11.3. The molecule has 0 bridgehead atoms. The van der Waals surface area contributed by atoms with Gasteiger partial charge in [-0.1, -0.05) is 13.8 Å². The van der Waals surface area contributed by atoms with Crippen molar-refractivity contribution in [2.24, 2.45) is 5.92 Å². The Bertz CT molecular complexity index is 245. The number of nitrogens with zero attached hydrogens (tertiary/aromatic N) is 1. The third kappa shape index (κ3) is 5.36. The van der Waals surface area contributed by atoms with Crippen molar-refractivity contribution in [3.63, 3.8) is 0 Å². The molecule has 2 atom stereocenters. The van der Waals surface area contributed by atoms with Gasteiger partial charge in [0.25, 0.3) is 0 Å². The van der Waals surface area contributed by atoms with Gasteiger partial charge in [-0.2, -0.15) is 0 Å². The van der Waals surface area contributed by atoms with E-state index in [9.17, 15) is 4.79 Å². The molecule has 2 unspecified atom stereocenters. The molecule has 0 radical (unpaired) electrons. The maximum absolute atomic E-state index is 11.5. The molecule has 4 nitrogen and oxygen atoms in total. The fraction of sp³-hybridized carbons (Fsp3) is 0.929. The van der Waals surface area contributed by atoms with E-state index in [1.54, 1.807) is 0 Å². The molecule has 0 spiro atoms. The SMILES string of the molecule is CCCNC(=O)CNC(C)C1CCCN(CC)C1. The second kappa shape index (κ2) is 8.48. The van der Waals surface area contributed by atoms with Gasteiger partial charge in [-0.3, -0.25) is 4.79 Å². The third-order valence-electron chi connectivity index (χ3n) is 3.85. The average Bonchev–Trinajstić information content (AvgIpc) is 2.42. The summed E-state index contributed by atoms with van der Waals surface area (Å²) < 4.78 is 0. The normalized spacial score (nSPS) is 22.7. The molecule has 18 heavy (non-hydrogen) atoms. The van der Waals surface area contributed by atoms with Crippen molar-refractivity contribution < 1.29 is 4.79 Å². The monoisotopic (exact) mass is 255 g/mol. The number of piperidine rings is 1. The first-order valence-electron chi connectivity index (χ1n) is 7.39. The van der Waals surface area contributed by atoms with E-state index in [-0.39, 0.29) is 5.91 Å². The highest BCUT2D eigenvalue weighted by molar-refractivity contribution is 5.77. The average molecular weight is 255 g/mol. The Balaban J connectivity index is 2.23. The first-order valence-corrected chi connectivity index (χ1v) is 7.39. The molecule has 2 N–H and O–H groups in total. The predicted octanol–water partition coefficient (Wildman–Crippen LogP) is 1.22. The fourth-order valence-electron chi connectivity index (χ4n) is 2.53. The molecule has 1 amide bonds. The van der Waals surface area contributed by atoms with Gasteiger partial charge in [0.15, 0.2) is 0 Å². The molecule has 0 aromatic rings. The lowest BCUT2D eigenvalue weighted by atomic mass is 9.91. The van der Waals surface area contributed by atoms with E-state index in [1.165, 1.54) is 25.9 Å². The molecule has 1 aliphatic heterocycles. The Labute approximate surface area is 111 Å². The summed E-state index contributed by atoms with van der Waals surface area (Å²) in [7, 11) is 0. The van der Waals surface area contributed by atoms with Crippen LogP contribution in [-0.2, 0) is 4.79 Å². The second-order valence-corrected chi connectivity index (χ2v) is 5.32. The van der Waals surface area contributed by atoms with E-state index in [0.717, 1.165) is 19.5 Å². The van der Waals surface area contributed by atoms with E-state index in [2.05, 4.69) is 36.3 Å². The Morgan fingerprint density at radius 1 is 1.44 bits per heavy atom. The number of carbonyl (C=O) groups is 1. The maximum Gasteiger partial charge on any atom is 0.233 e. The lowest BCUT2D eigenvalue weighted by molar-refractivity contribution is -0.120. The lowest BCUT2D eigenvalue weighted by Crippen LogP contribution is -2.46. The smallest absolute Gasteiger partial charge is 0.233 e. The van der Waals surface area contributed by atoms with Crippen LogP contribution in [0.3, 0.4) is 0 Å². The molecule has 1 saturated heterocycles. The standard InChI is InChI=1S/C14H29N3O/c1-4-8-15-14(18)10-16-12(3)13-7-6-9-17(5-2)11-13/h12-13,16H,4-11H2,1-3H3,(H,15,18). The highest BCUT2D eigenvalue weighted by Gasteiger charge is 2.23. The molecule has 0 aromatic heterocycles. The molecular formula is C14H29N3O. The predicted molar refractivity (Wildman–Crippen MR) is 75.6 cm³/mol. The topological polar surface area (TPSA) is 44.4 Å². The van der Waals surface area contributed by atoms with Gasteiger partial charge in [0.2, 0.25) is 5.91 Å². The Morgan fingerprint density at radius 2 is 2.22 bits per heavy atom. The summed E-state index contributed by atoms with van der Waals surface area (Å²) in [5, 5.41) is 6.27. The van der Waals surface area contributed by atoms with Crippen molar-refractivity contribution in [1.82, 2.24) is 15.5 Å². The zero-order valence-electron chi connectivity index (χ0n) is 12.2. The largest absolute Gasteiger partial charge is 0.355 e. The van der Waals surface area contributed by atoms with Gasteiger partial charge < -0.3 is 15.5 Å². The minimum absolute atomic E-state index is 0.117. The third-order valence-corrected chi connectivity index (χ3v) is 3.85. The quantitative estimate of drug-likeness (QED) is 0.719. The molecule has 1 fully saturated rings. The van der Waals surface area contributed by atoms with Crippen LogP contribution in [0.2, 0.25) is 0 Å². The number of nitrogens with one attached hydrogen (secondary N) is 2. The number of hydrogen-bond acceptors (Lipinski definition) is 3. The van der Waals surface area contributed by atoms with Gasteiger partial charge in [0, 0.05) is 19.1 Å². The summed E-state index contributed by atoms with van der Waals surface area (Å²) in [5.74, 6) is 0.796. The highest BCUT2D eigenvalue weighted by Crippen LogP contribution is 2.19. The molecule has 0 aromatic carbocycles. The van der Waals surface area contributed by atoms with Crippen molar-refractivity contribution in [2.45, 2.75) is 46.1 Å². The number of amides is 1.